The first-order valence-electron chi connectivity index (χ1n) is 10.5. The first-order chi connectivity index (χ1) is 15.9. The Hall–Kier alpha value is -3.90. The second-order valence-electron chi connectivity index (χ2n) is 8.25. The molecule has 13 heteroatoms. The van der Waals surface area contributed by atoms with Crippen LogP contribution >= 0.6 is 0 Å². The van der Waals surface area contributed by atoms with Crippen molar-refractivity contribution in [2.24, 2.45) is 10.7 Å². The van der Waals surface area contributed by atoms with E-state index in [9.17, 15) is 24.5 Å². The Bertz CT molecular complexity index is 870. The number of methoxy groups -OCH3 is 1. The topological polar surface area (TPSA) is 187 Å². The first kappa shape index (κ1) is 28.1. The molecule has 0 unspecified atom stereocenters. The maximum atomic E-state index is 12.8. The maximum Gasteiger partial charge on any atom is 0.408 e. The van der Waals surface area contributed by atoms with Gasteiger partial charge < -0.3 is 20.5 Å². The summed E-state index contributed by atoms with van der Waals surface area (Å²) in [5.41, 5.74) is 10.5. The standard InChI is InChI=1S/C21H32N6O7/c1-21(2,3)34-20(30)24-16(13-14-9-6-5-7-10-14)17(28)25-26-19(22)23-15(18(29)33-4)11-8-12-27(31)32/h5-7,9-10,15-16H,8,11-13H2,1-4H3,(H,24,30)(H,25,28)(H3,22,23,26)/t15-,16+/m0/s1. The van der Waals surface area contributed by atoms with Gasteiger partial charge in [0.1, 0.15) is 11.6 Å². The number of alkyl carbamates (subject to hydrolysis) is 1. The van der Waals surface area contributed by atoms with E-state index in [2.05, 4.69) is 25.9 Å². The highest BCUT2D eigenvalue weighted by atomic mass is 16.6. The van der Waals surface area contributed by atoms with Gasteiger partial charge in [-0.2, -0.15) is 0 Å². The van der Waals surface area contributed by atoms with Crippen LogP contribution in [0.25, 0.3) is 0 Å². The van der Waals surface area contributed by atoms with Gasteiger partial charge in [0.2, 0.25) is 12.5 Å². The Kier molecular flexibility index (Phi) is 11.3. The minimum atomic E-state index is -1.09. The number of carbonyl (C=O) groups is 3. The zero-order chi connectivity index (χ0) is 25.7. The minimum absolute atomic E-state index is 0.0286. The molecule has 0 radical (unpaired) electrons. The number of ether oxygens (including phenoxy) is 2. The van der Waals surface area contributed by atoms with Gasteiger partial charge in [0.05, 0.1) is 7.11 Å². The normalized spacial score (nSPS) is 13.2. The Morgan fingerprint density at radius 1 is 1.18 bits per heavy atom. The molecule has 0 aliphatic carbocycles. The van der Waals surface area contributed by atoms with Crippen LogP contribution in [0.15, 0.2) is 35.3 Å². The molecule has 0 aliphatic heterocycles. The molecule has 0 saturated heterocycles. The number of hydrazine groups is 1. The number of hydrogen-bond acceptors (Lipinski definition) is 8. The summed E-state index contributed by atoms with van der Waals surface area (Å²) in [5, 5.41) is 13.0. The van der Waals surface area contributed by atoms with Crippen LogP contribution in [0.5, 0.6) is 0 Å². The predicted molar refractivity (Wildman–Crippen MR) is 123 cm³/mol. The Morgan fingerprint density at radius 2 is 1.82 bits per heavy atom. The van der Waals surface area contributed by atoms with E-state index in [4.69, 9.17) is 10.5 Å². The average Bonchev–Trinajstić information content (AvgIpc) is 2.75. The number of amides is 2. The molecule has 13 nitrogen and oxygen atoms in total. The van der Waals surface area contributed by atoms with Gasteiger partial charge in [-0.1, -0.05) is 30.3 Å². The largest absolute Gasteiger partial charge is 0.467 e. The van der Waals surface area contributed by atoms with E-state index in [1.807, 2.05) is 6.07 Å². The third-order valence-corrected chi connectivity index (χ3v) is 4.19. The maximum absolute atomic E-state index is 12.8. The molecule has 1 rings (SSSR count). The van der Waals surface area contributed by atoms with E-state index < -0.39 is 40.6 Å². The predicted octanol–water partition coefficient (Wildman–Crippen LogP) is 0.656. The molecular formula is C21H32N6O7. The number of nitrogens with one attached hydrogen (secondary N) is 3. The number of hydrogen-bond donors (Lipinski definition) is 4. The average molecular weight is 481 g/mol. The van der Waals surface area contributed by atoms with Gasteiger partial charge in [-0.25, -0.2) is 14.6 Å². The van der Waals surface area contributed by atoms with Crippen molar-refractivity contribution in [2.75, 3.05) is 13.7 Å². The number of aliphatic imine (C=N–C) groups is 1. The van der Waals surface area contributed by atoms with E-state index in [1.165, 1.54) is 0 Å². The quantitative estimate of drug-likeness (QED) is 0.123. The molecule has 2 amide bonds. The Balaban J connectivity index is 2.85. The molecule has 0 aliphatic rings. The first-order valence-corrected chi connectivity index (χ1v) is 10.5. The molecule has 2 atom stereocenters. The summed E-state index contributed by atoms with van der Waals surface area (Å²) in [6.07, 6.45) is -0.506. The zero-order valence-electron chi connectivity index (χ0n) is 19.7. The van der Waals surface area contributed by atoms with Crippen molar-refractivity contribution in [2.45, 2.75) is 57.7 Å². The van der Waals surface area contributed by atoms with Crippen molar-refractivity contribution in [3.63, 3.8) is 0 Å². The summed E-state index contributed by atoms with van der Waals surface area (Å²) in [5.74, 6) is -1.69. The highest BCUT2D eigenvalue weighted by Crippen LogP contribution is 2.09. The lowest BCUT2D eigenvalue weighted by molar-refractivity contribution is -0.480. The van der Waals surface area contributed by atoms with Gasteiger partial charge in [0, 0.05) is 17.8 Å². The highest BCUT2D eigenvalue weighted by molar-refractivity contribution is 5.89. The van der Waals surface area contributed by atoms with Crippen molar-refractivity contribution in [1.82, 2.24) is 16.2 Å². The van der Waals surface area contributed by atoms with Crippen LogP contribution in [-0.4, -0.2) is 60.2 Å². The molecular weight excluding hydrogens is 448 g/mol. The number of nitrogens with zero attached hydrogens (tertiary/aromatic N) is 2. The second kappa shape index (κ2) is 13.6. The summed E-state index contributed by atoms with van der Waals surface area (Å²) in [6, 6.07) is 6.91. The zero-order valence-corrected chi connectivity index (χ0v) is 19.7. The number of nitrogens with two attached hydrogens (primary N) is 1. The van der Waals surface area contributed by atoms with E-state index >= 15 is 0 Å². The van der Waals surface area contributed by atoms with Gasteiger partial charge in [0.25, 0.3) is 5.91 Å². The molecule has 0 heterocycles. The minimum Gasteiger partial charge on any atom is -0.467 e. The van der Waals surface area contributed by atoms with E-state index in [0.717, 1.165) is 12.7 Å². The van der Waals surface area contributed by atoms with Crippen LogP contribution in [0.2, 0.25) is 0 Å². The lowest BCUT2D eigenvalue weighted by atomic mass is 10.1. The summed E-state index contributed by atoms with van der Waals surface area (Å²) < 4.78 is 9.87. The molecule has 0 fully saturated rings. The van der Waals surface area contributed by atoms with Crippen molar-refractivity contribution < 1.29 is 28.8 Å². The molecule has 0 saturated carbocycles. The third kappa shape index (κ3) is 11.6. The molecule has 34 heavy (non-hydrogen) atoms. The number of esters is 1. The fourth-order valence-electron chi connectivity index (χ4n) is 2.71. The Morgan fingerprint density at radius 3 is 2.38 bits per heavy atom. The van der Waals surface area contributed by atoms with Crippen molar-refractivity contribution in [1.29, 1.82) is 0 Å². The van der Waals surface area contributed by atoms with Gasteiger partial charge in [-0.3, -0.25) is 25.8 Å². The van der Waals surface area contributed by atoms with Crippen LogP contribution < -0.4 is 21.9 Å². The summed E-state index contributed by atoms with van der Waals surface area (Å²) >= 11 is 0. The molecule has 5 N–H and O–H groups in total. The van der Waals surface area contributed by atoms with E-state index in [-0.39, 0.29) is 31.8 Å². The SMILES string of the molecule is COC(=O)[C@H](CCC[N+](=O)[O-])N=C(N)NNC(=O)[C@@H](Cc1ccccc1)NC(=O)OC(C)(C)C. The van der Waals surface area contributed by atoms with Crippen molar-refractivity contribution >= 4 is 23.9 Å². The molecule has 0 bridgehead atoms. The number of nitro groups is 1. The summed E-state index contributed by atoms with van der Waals surface area (Å²) in [6.45, 7) is 4.74. The fourth-order valence-corrected chi connectivity index (χ4v) is 2.71. The lowest BCUT2D eigenvalue weighted by Gasteiger charge is -2.23. The second-order valence-corrected chi connectivity index (χ2v) is 8.25. The number of guanidine groups is 1. The Labute approximate surface area is 197 Å². The molecule has 1 aromatic rings. The summed E-state index contributed by atoms with van der Waals surface area (Å²) in [7, 11) is 1.15. The molecule has 1 aromatic carbocycles. The third-order valence-electron chi connectivity index (χ3n) is 4.19. The van der Waals surface area contributed by atoms with Crippen LogP contribution in [0, 0.1) is 10.1 Å². The van der Waals surface area contributed by atoms with E-state index in [0.29, 0.717) is 0 Å². The summed E-state index contributed by atoms with van der Waals surface area (Å²) in [4.78, 5) is 50.8. The van der Waals surface area contributed by atoms with Crippen LogP contribution in [0.1, 0.15) is 39.2 Å². The van der Waals surface area contributed by atoms with Crippen LogP contribution in [0.4, 0.5) is 4.79 Å². The van der Waals surface area contributed by atoms with Crippen LogP contribution in [-0.2, 0) is 25.5 Å². The molecule has 0 aromatic heterocycles. The smallest absolute Gasteiger partial charge is 0.408 e. The van der Waals surface area contributed by atoms with Crippen molar-refractivity contribution in [3.8, 4) is 0 Å². The van der Waals surface area contributed by atoms with Crippen molar-refractivity contribution in [3.05, 3.63) is 46.0 Å². The van der Waals surface area contributed by atoms with Crippen LogP contribution in [0.3, 0.4) is 0 Å². The number of carbonyl (C=O) groups excluding carboxylic acids is 3. The number of benzene rings is 1. The highest BCUT2D eigenvalue weighted by Gasteiger charge is 2.25. The van der Waals surface area contributed by atoms with Gasteiger partial charge in [0.15, 0.2) is 6.04 Å². The molecule has 188 valence electrons. The number of rotatable bonds is 10. The monoisotopic (exact) mass is 480 g/mol. The van der Waals surface area contributed by atoms with Gasteiger partial charge in [-0.15, -0.1) is 0 Å². The van der Waals surface area contributed by atoms with Gasteiger partial charge >= 0.3 is 12.1 Å². The van der Waals surface area contributed by atoms with E-state index in [1.54, 1.807) is 45.0 Å². The lowest BCUT2D eigenvalue weighted by Crippen LogP contribution is -2.55. The fraction of sp³-hybridized carbons (Fsp3) is 0.524. The molecule has 0 spiro atoms. The van der Waals surface area contributed by atoms with Gasteiger partial charge in [-0.05, 0) is 32.8 Å².